The lowest BCUT2D eigenvalue weighted by Gasteiger charge is -2.32. The molecule has 0 aliphatic heterocycles. The van der Waals surface area contributed by atoms with Gasteiger partial charge >= 0.3 is 5.97 Å². The molecule has 3 atom stereocenters. The van der Waals surface area contributed by atoms with Gasteiger partial charge in [-0.1, -0.05) is 25.6 Å². The Labute approximate surface area is 111 Å². The van der Waals surface area contributed by atoms with Gasteiger partial charge < -0.3 is 9.67 Å². The van der Waals surface area contributed by atoms with Crippen molar-refractivity contribution < 1.29 is 9.90 Å². The summed E-state index contributed by atoms with van der Waals surface area (Å²) in [5.74, 6) is 0.689. The first kappa shape index (κ1) is 13.4. The number of thioether (sulfide) groups is 1. The van der Waals surface area contributed by atoms with Gasteiger partial charge in [0.2, 0.25) is 0 Å². The van der Waals surface area contributed by atoms with Gasteiger partial charge in [0.15, 0.2) is 5.16 Å². The Morgan fingerprint density at radius 2 is 2.28 bits per heavy atom. The second kappa shape index (κ2) is 5.73. The molecule has 1 aromatic heterocycles. The molecule has 1 heterocycles. The third-order valence-electron chi connectivity index (χ3n) is 3.83. The number of rotatable bonds is 4. The van der Waals surface area contributed by atoms with E-state index in [1.807, 2.05) is 0 Å². The van der Waals surface area contributed by atoms with Gasteiger partial charge in [0.1, 0.15) is 6.33 Å². The highest BCUT2D eigenvalue weighted by Gasteiger charge is 2.27. The molecule has 2 rings (SSSR count). The number of hydrogen-bond acceptors (Lipinski definition) is 4. The highest BCUT2D eigenvalue weighted by molar-refractivity contribution is 7.99. The predicted octanol–water partition coefficient (Wildman–Crippen LogP) is 2.45. The molecule has 1 aromatic rings. The van der Waals surface area contributed by atoms with Gasteiger partial charge in [0.05, 0.1) is 5.75 Å². The third kappa shape index (κ3) is 3.04. The largest absolute Gasteiger partial charge is 0.481 e. The molecule has 0 aromatic carbocycles. The molecule has 18 heavy (non-hydrogen) atoms. The van der Waals surface area contributed by atoms with E-state index < -0.39 is 5.97 Å². The van der Waals surface area contributed by atoms with Gasteiger partial charge in [-0.05, 0) is 31.1 Å². The van der Waals surface area contributed by atoms with Crippen LogP contribution < -0.4 is 0 Å². The number of carboxylic acids is 1. The number of carboxylic acid groups (broad SMARTS) is 1. The first-order valence-electron chi connectivity index (χ1n) is 6.32. The summed E-state index contributed by atoms with van der Waals surface area (Å²) in [6.45, 7) is 4.58. The van der Waals surface area contributed by atoms with Crippen LogP contribution in [0.15, 0.2) is 11.5 Å². The normalized spacial score (nSPS) is 28.2. The molecule has 1 fully saturated rings. The van der Waals surface area contributed by atoms with Gasteiger partial charge in [-0.15, -0.1) is 10.2 Å². The fraction of sp³-hybridized carbons (Fsp3) is 0.750. The van der Waals surface area contributed by atoms with Crippen molar-refractivity contribution in [3.63, 3.8) is 0 Å². The summed E-state index contributed by atoms with van der Waals surface area (Å²) in [5.41, 5.74) is 0. The molecule has 1 aliphatic carbocycles. The van der Waals surface area contributed by atoms with Crippen LogP contribution >= 0.6 is 11.8 Å². The van der Waals surface area contributed by atoms with E-state index in [1.165, 1.54) is 18.2 Å². The lowest BCUT2D eigenvalue weighted by Crippen LogP contribution is -2.23. The summed E-state index contributed by atoms with van der Waals surface area (Å²) >= 11 is 1.25. The minimum Gasteiger partial charge on any atom is -0.481 e. The highest BCUT2D eigenvalue weighted by atomic mass is 32.2. The maximum absolute atomic E-state index is 10.6. The zero-order valence-electron chi connectivity index (χ0n) is 10.7. The van der Waals surface area contributed by atoms with E-state index in [1.54, 1.807) is 6.33 Å². The van der Waals surface area contributed by atoms with Crippen molar-refractivity contribution in [1.29, 1.82) is 0 Å². The van der Waals surface area contributed by atoms with Crippen LogP contribution in [-0.2, 0) is 4.79 Å². The van der Waals surface area contributed by atoms with Crippen LogP contribution in [0.2, 0.25) is 0 Å². The van der Waals surface area contributed by atoms with Crippen molar-refractivity contribution in [3.05, 3.63) is 6.33 Å². The van der Waals surface area contributed by atoms with Crippen molar-refractivity contribution in [1.82, 2.24) is 14.8 Å². The monoisotopic (exact) mass is 269 g/mol. The molecule has 1 saturated carbocycles. The maximum Gasteiger partial charge on any atom is 0.313 e. The molecule has 0 radical (unpaired) electrons. The Morgan fingerprint density at radius 1 is 1.50 bits per heavy atom. The number of aliphatic carboxylic acids is 1. The molecule has 1 N–H and O–H groups in total. The minimum absolute atomic E-state index is 0.0391. The van der Waals surface area contributed by atoms with Gasteiger partial charge in [0, 0.05) is 6.04 Å². The van der Waals surface area contributed by atoms with Gasteiger partial charge in [-0.25, -0.2) is 0 Å². The Hall–Kier alpha value is -1.04. The van der Waals surface area contributed by atoms with E-state index in [2.05, 4.69) is 28.6 Å². The van der Waals surface area contributed by atoms with Crippen molar-refractivity contribution in [2.45, 2.75) is 44.3 Å². The summed E-state index contributed by atoms with van der Waals surface area (Å²) in [6.07, 6.45) is 5.20. The summed E-state index contributed by atoms with van der Waals surface area (Å²) in [4.78, 5) is 10.6. The molecule has 0 spiro atoms. The average Bonchev–Trinajstić information content (AvgIpc) is 2.78. The van der Waals surface area contributed by atoms with E-state index in [0.29, 0.717) is 12.0 Å². The fourth-order valence-corrected chi connectivity index (χ4v) is 3.19. The fourth-order valence-electron chi connectivity index (χ4n) is 2.48. The molecule has 0 bridgehead atoms. The van der Waals surface area contributed by atoms with E-state index in [4.69, 9.17) is 5.11 Å². The molecule has 0 amide bonds. The van der Waals surface area contributed by atoms with Crippen molar-refractivity contribution >= 4 is 17.7 Å². The van der Waals surface area contributed by atoms with Gasteiger partial charge in [-0.3, -0.25) is 4.79 Å². The van der Waals surface area contributed by atoms with Crippen LogP contribution in [0.1, 0.15) is 39.2 Å². The molecule has 100 valence electrons. The van der Waals surface area contributed by atoms with Gasteiger partial charge in [0.25, 0.3) is 0 Å². The smallest absolute Gasteiger partial charge is 0.313 e. The number of carbonyl (C=O) groups is 1. The van der Waals surface area contributed by atoms with Crippen LogP contribution in [-0.4, -0.2) is 31.6 Å². The first-order valence-corrected chi connectivity index (χ1v) is 7.30. The topological polar surface area (TPSA) is 68.0 Å². The standard InChI is InChI=1S/C12H19N3O2S/c1-8-3-4-10(5-9(8)2)15-7-13-14-12(15)18-6-11(16)17/h7-10H,3-6H2,1-2H3,(H,16,17). The summed E-state index contributed by atoms with van der Waals surface area (Å²) < 4.78 is 2.05. The second-order valence-corrected chi connectivity index (χ2v) is 6.07. The molecular weight excluding hydrogens is 250 g/mol. The average molecular weight is 269 g/mol. The first-order chi connectivity index (χ1) is 8.58. The van der Waals surface area contributed by atoms with Gasteiger partial charge in [-0.2, -0.15) is 0 Å². The van der Waals surface area contributed by atoms with E-state index in [9.17, 15) is 4.79 Å². The molecule has 6 heteroatoms. The Kier molecular flexibility index (Phi) is 4.27. The van der Waals surface area contributed by atoms with Crippen molar-refractivity contribution in [2.75, 3.05) is 5.75 Å². The molecule has 1 aliphatic rings. The highest BCUT2D eigenvalue weighted by Crippen LogP contribution is 2.37. The minimum atomic E-state index is -0.819. The number of nitrogens with zero attached hydrogens (tertiary/aromatic N) is 3. The Bertz CT molecular complexity index is 421. The van der Waals surface area contributed by atoms with E-state index in [-0.39, 0.29) is 5.75 Å². The van der Waals surface area contributed by atoms with Crippen LogP contribution in [0.4, 0.5) is 0 Å². The predicted molar refractivity (Wildman–Crippen MR) is 69.6 cm³/mol. The number of hydrogen-bond donors (Lipinski definition) is 1. The lowest BCUT2D eigenvalue weighted by molar-refractivity contribution is -0.133. The quantitative estimate of drug-likeness (QED) is 0.850. The SMILES string of the molecule is CC1CCC(n2cnnc2SCC(=O)O)CC1C. The molecular formula is C12H19N3O2S. The zero-order chi connectivity index (χ0) is 13.1. The van der Waals surface area contributed by atoms with Crippen molar-refractivity contribution in [3.8, 4) is 0 Å². The molecule has 5 nitrogen and oxygen atoms in total. The lowest BCUT2D eigenvalue weighted by atomic mass is 9.79. The Balaban J connectivity index is 2.04. The molecule has 3 unspecified atom stereocenters. The van der Waals surface area contributed by atoms with Crippen molar-refractivity contribution in [2.24, 2.45) is 11.8 Å². The zero-order valence-corrected chi connectivity index (χ0v) is 11.6. The second-order valence-electron chi connectivity index (χ2n) is 5.12. The Morgan fingerprint density at radius 3 is 2.94 bits per heavy atom. The summed E-state index contributed by atoms with van der Waals surface area (Å²) in [7, 11) is 0. The summed E-state index contributed by atoms with van der Waals surface area (Å²) in [6, 6.07) is 0.419. The van der Waals surface area contributed by atoms with Crippen LogP contribution in [0.25, 0.3) is 0 Å². The third-order valence-corrected chi connectivity index (χ3v) is 4.77. The summed E-state index contributed by atoms with van der Waals surface area (Å²) in [5, 5.41) is 17.4. The van der Waals surface area contributed by atoms with E-state index >= 15 is 0 Å². The van der Waals surface area contributed by atoms with Crippen LogP contribution in [0.3, 0.4) is 0 Å². The maximum atomic E-state index is 10.6. The van der Waals surface area contributed by atoms with E-state index in [0.717, 1.165) is 23.9 Å². The number of aromatic nitrogens is 3. The van der Waals surface area contributed by atoms with Crippen LogP contribution in [0, 0.1) is 11.8 Å². The molecule has 0 saturated heterocycles. The van der Waals surface area contributed by atoms with Crippen LogP contribution in [0.5, 0.6) is 0 Å².